The van der Waals surface area contributed by atoms with Crippen LogP contribution in [0.5, 0.6) is 0 Å². The lowest BCUT2D eigenvalue weighted by molar-refractivity contribution is 0.318. The largest absolute Gasteiger partial charge is 0.384 e. The maximum atomic E-state index is 7.33. The Hall–Kier alpha value is -1.58. The van der Waals surface area contributed by atoms with Crippen molar-refractivity contribution in [2.24, 2.45) is 11.7 Å². The number of pyridine rings is 1. The number of rotatable bonds is 5. The summed E-state index contributed by atoms with van der Waals surface area (Å²) in [6.07, 6.45) is 5.75. The number of nitrogen functional groups attached to an aromatic ring is 1. The molecular formula is C13H20N4. The van der Waals surface area contributed by atoms with Crippen LogP contribution in [0.4, 0.5) is 5.82 Å². The Bertz CT molecular complexity index is 381. The second-order valence-corrected chi connectivity index (χ2v) is 4.65. The van der Waals surface area contributed by atoms with Gasteiger partial charge >= 0.3 is 0 Å². The maximum Gasteiger partial charge on any atom is 0.128 e. The molecule has 17 heavy (non-hydrogen) atoms. The van der Waals surface area contributed by atoms with E-state index in [1.165, 1.54) is 19.3 Å². The lowest BCUT2D eigenvalue weighted by Gasteiger charge is -2.32. The summed E-state index contributed by atoms with van der Waals surface area (Å²) in [5.41, 5.74) is 6.10. The van der Waals surface area contributed by atoms with E-state index in [0.29, 0.717) is 5.56 Å². The van der Waals surface area contributed by atoms with Crippen LogP contribution in [0.3, 0.4) is 0 Å². The van der Waals surface area contributed by atoms with Gasteiger partial charge in [0.2, 0.25) is 0 Å². The first-order chi connectivity index (χ1) is 8.20. The lowest BCUT2D eigenvalue weighted by atomic mass is 9.85. The molecule has 1 fully saturated rings. The van der Waals surface area contributed by atoms with Crippen molar-refractivity contribution in [1.82, 2.24) is 4.98 Å². The molecule has 1 aromatic rings. The smallest absolute Gasteiger partial charge is 0.128 e. The van der Waals surface area contributed by atoms with Crippen LogP contribution in [-0.2, 0) is 0 Å². The number of anilines is 1. The first-order valence-electron chi connectivity index (χ1n) is 6.26. The monoisotopic (exact) mass is 232 g/mol. The van der Waals surface area contributed by atoms with Gasteiger partial charge in [0.15, 0.2) is 0 Å². The molecule has 1 aliphatic rings. The molecule has 4 nitrogen and oxygen atoms in total. The van der Waals surface area contributed by atoms with Gasteiger partial charge in [-0.25, -0.2) is 4.98 Å². The Balaban J connectivity index is 2.04. The number of nitrogens with one attached hydrogen (secondary N) is 1. The lowest BCUT2D eigenvalue weighted by Crippen LogP contribution is -2.33. The molecule has 0 aromatic carbocycles. The third-order valence-electron chi connectivity index (χ3n) is 3.47. The Morgan fingerprint density at radius 2 is 2.29 bits per heavy atom. The first kappa shape index (κ1) is 11.9. The number of nitrogens with zero attached hydrogens (tertiary/aromatic N) is 2. The van der Waals surface area contributed by atoms with E-state index in [0.717, 1.165) is 24.8 Å². The molecule has 1 heterocycles. The van der Waals surface area contributed by atoms with Crippen molar-refractivity contribution in [3.05, 3.63) is 23.9 Å². The van der Waals surface area contributed by atoms with E-state index in [-0.39, 0.29) is 5.84 Å². The van der Waals surface area contributed by atoms with Gasteiger partial charge in [0.25, 0.3) is 0 Å². The summed E-state index contributed by atoms with van der Waals surface area (Å²) in [6.45, 7) is 4.23. The van der Waals surface area contributed by atoms with Crippen molar-refractivity contribution in [2.45, 2.75) is 26.2 Å². The third-order valence-corrected chi connectivity index (χ3v) is 3.47. The van der Waals surface area contributed by atoms with Crippen LogP contribution in [0, 0.1) is 11.3 Å². The zero-order valence-electron chi connectivity index (χ0n) is 10.3. The van der Waals surface area contributed by atoms with Crippen LogP contribution in [-0.4, -0.2) is 23.9 Å². The van der Waals surface area contributed by atoms with Crippen LogP contribution < -0.4 is 10.6 Å². The maximum absolute atomic E-state index is 7.33. The molecular weight excluding hydrogens is 212 g/mol. The predicted octanol–water partition coefficient (Wildman–Crippen LogP) is 1.99. The number of amidine groups is 1. The van der Waals surface area contributed by atoms with Crippen LogP contribution >= 0.6 is 0 Å². The zero-order valence-corrected chi connectivity index (χ0v) is 10.3. The molecule has 0 amide bonds. The van der Waals surface area contributed by atoms with Crippen molar-refractivity contribution < 1.29 is 0 Å². The summed E-state index contributed by atoms with van der Waals surface area (Å²) >= 11 is 0. The third kappa shape index (κ3) is 2.75. The quantitative estimate of drug-likeness (QED) is 0.602. The summed E-state index contributed by atoms with van der Waals surface area (Å²) in [5, 5.41) is 7.33. The molecule has 2 rings (SSSR count). The van der Waals surface area contributed by atoms with Crippen molar-refractivity contribution >= 4 is 11.7 Å². The molecule has 1 aromatic heterocycles. The highest BCUT2D eigenvalue weighted by atomic mass is 15.2. The van der Waals surface area contributed by atoms with E-state index >= 15 is 0 Å². The Morgan fingerprint density at radius 3 is 2.71 bits per heavy atom. The van der Waals surface area contributed by atoms with E-state index < -0.39 is 0 Å². The van der Waals surface area contributed by atoms with Gasteiger partial charge in [0, 0.05) is 24.8 Å². The number of nitrogens with two attached hydrogens (primary N) is 1. The summed E-state index contributed by atoms with van der Waals surface area (Å²) in [7, 11) is 0. The van der Waals surface area contributed by atoms with E-state index in [4.69, 9.17) is 11.1 Å². The number of hydrogen-bond donors (Lipinski definition) is 2. The molecule has 4 heteroatoms. The first-order valence-corrected chi connectivity index (χ1v) is 6.26. The highest BCUT2D eigenvalue weighted by Gasteiger charge is 2.20. The van der Waals surface area contributed by atoms with Crippen LogP contribution in [0.15, 0.2) is 18.3 Å². The number of hydrogen-bond acceptors (Lipinski definition) is 3. The fourth-order valence-electron chi connectivity index (χ4n) is 2.10. The summed E-state index contributed by atoms with van der Waals surface area (Å²) in [4.78, 5) is 6.69. The fourth-order valence-corrected chi connectivity index (χ4v) is 2.10. The summed E-state index contributed by atoms with van der Waals surface area (Å²) in [5.74, 6) is 1.90. The van der Waals surface area contributed by atoms with Gasteiger partial charge in [0.05, 0.1) is 0 Å². The minimum absolute atomic E-state index is 0.0751. The van der Waals surface area contributed by atoms with E-state index in [2.05, 4.69) is 16.8 Å². The van der Waals surface area contributed by atoms with Crippen LogP contribution in [0.2, 0.25) is 0 Å². The highest BCUT2D eigenvalue weighted by Crippen LogP contribution is 2.28. The molecule has 0 spiro atoms. The van der Waals surface area contributed by atoms with Gasteiger partial charge in [-0.15, -0.1) is 0 Å². The minimum Gasteiger partial charge on any atom is -0.384 e. The zero-order chi connectivity index (χ0) is 12.3. The van der Waals surface area contributed by atoms with Crippen molar-refractivity contribution in [3.63, 3.8) is 0 Å². The molecule has 3 N–H and O–H groups in total. The minimum atomic E-state index is 0.0751. The summed E-state index contributed by atoms with van der Waals surface area (Å²) < 4.78 is 0. The molecule has 0 unspecified atom stereocenters. The molecule has 0 bridgehead atoms. The van der Waals surface area contributed by atoms with Gasteiger partial charge < -0.3 is 10.6 Å². The standard InChI is InChI=1S/C13H20N4/c1-2-17(9-10-4-3-5-10)12-7-6-11(8-16-12)13(14)15/h6-8,10H,2-5,9H2,1H3,(H3,14,15). The SMILES string of the molecule is CCN(CC1CCC1)c1ccc(C(=N)N)cn1. The topological polar surface area (TPSA) is 66.0 Å². The molecule has 0 aliphatic heterocycles. The Kier molecular flexibility index (Phi) is 3.61. The molecule has 92 valence electrons. The van der Waals surface area contributed by atoms with Gasteiger partial charge in [-0.3, -0.25) is 5.41 Å². The second-order valence-electron chi connectivity index (χ2n) is 4.65. The summed E-state index contributed by atoms with van der Waals surface area (Å²) in [6, 6.07) is 3.83. The Morgan fingerprint density at radius 1 is 1.53 bits per heavy atom. The van der Waals surface area contributed by atoms with Crippen molar-refractivity contribution in [1.29, 1.82) is 5.41 Å². The van der Waals surface area contributed by atoms with Crippen molar-refractivity contribution in [2.75, 3.05) is 18.0 Å². The fraction of sp³-hybridized carbons (Fsp3) is 0.538. The highest BCUT2D eigenvalue weighted by molar-refractivity contribution is 5.94. The molecule has 0 saturated heterocycles. The number of aromatic nitrogens is 1. The van der Waals surface area contributed by atoms with Gasteiger partial charge in [-0.05, 0) is 37.8 Å². The van der Waals surface area contributed by atoms with Gasteiger partial charge in [0.1, 0.15) is 11.7 Å². The average Bonchev–Trinajstić information content (AvgIpc) is 2.28. The molecule has 1 saturated carbocycles. The van der Waals surface area contributed by atoms with E-state index in [1.54, 1.807) is 6.20 Å². The van der Waals surface area contributed by atoms with Crippen molar-refractivity contribution in [3.8, 4) is 0 Å². The van der Waals surface area contributed by atoms with Crippen LogP contribution in [0.25, 0.3) is 0 Å². The van der Waals surface area contributed by atoms with E-state index in [1.807, 2.05) is 12.1 Å². The molecule has 0 radical (unpaired) electrons. The van der Waals surface area contributed by atoms with E-state index in [9.17, 15) is 0 Å². The van der Waals surface area contributed by atoms with Gasteiger partial charge in [-0.1, -0.05) is 6.42 Å². The molecule has 1 aliphatic carbocycles. The Labute approximate surface area is 102 Å². The predicted molar refractivity (Wildman–Crippen MR) is 70.5 cm³/mol. The van der Waals surface area contributed by atoms with Gasteiger partial charge in [-0.2, -0.15) is 0 Å². The second kappa shape index (κ2) is 5.17. The van der Waals surface area contributed by atoms with Crippen LogP contribution in [0.1, 0.15) is 31.7 Å². The average molecular weight is 232 g/mol. The normalized spacial score (nSPS) is 15.4. The molecule has 0 atom stereocenters.